The molecule has 0 radical (unpaired) electrons. The van der Waals surface area contributed by atoms with Crippen LogP contribution in [-0.4, -0.2) is 6.54 Å². The van der Waals surface area contributed by atoms with E-state index in [0.29, 0.717) is 6.61 Å². The van der Waals surface area contributed by atoms with Crippen molar-refractivity contribution in [3.05, 3.63) is 65.7 Å². The lowest BCUT2D eigenvalue weighted by molar-refractivity contribution is 0.306. The van der Waals surface area contributed by atoms with E-state index in [0.717, 1.165) is 18.7 Å². The Balaban J connectivity index is 1.86. The fraction of sp³-hybridized carbons (Fsp3) is 0.200. The predicted molar refractivity (Wildman–Crippen MR) is 74.8 cm³/mol. The number of rotatable bonds is 6. The minimum absolute atomic E-state index is 0.601. The zero-order chi connectivity index (χ0) is 12.6. The molecule has 0 bridgehead atoms. The summed E-state index contributed by atoms with van der Waals surface area (Å²) < 4.78 is 5.71. The lowest BCUT2D eigenvalue weighted by Gasteiger charge is -2.07. The van der Waals surface area contributed by atoms with Gasteiger partial charge < -0.3 is 4.74 Å². The molecular formula is C15H16ClNO. The summed E-state index contributed by atoms with van der Waals surface area (Å²) in [5.41, 5.74) is 2.42. The Kier molecular flexibility index (Phi) is 5.06. The highest BCUT2D eigenvalue weighted by atomic mass is 35.5. The van der Waals surface area contributed by atoms with Crippen LogP contribution in [0.5, 0.6) is 5.75 Å². The van der Waals surface area contributed by atoms with Crippen molar-refractivity contribution in [1.29, 1.82) is 0 Å². The molecule has 0 aliphatic carbocycles. The van der Waals surface area contributed by atoms with E-state index in [4.69, 9.17) is 16.5 Å². The number of halogens is 1. The Morgan fingerprint density at radius 3 is 2.28 bits per heavy atom. The molecule has 0 aliphatic heterocycles. The summed E-state index contributed by atoms with van der Waals surface area (Å²) in [6.07, 6.45) is 0.919. The summed E-state index contributed by atoms with van der Waals surface area (Å²) in [5.74, 6) is 0.890. The van der Waals surface area contributed by atoms with Gasteiger partial charge >= 0.3 is 0 Å². The van der Waals surface area contributed by atoms with E-state index in [1.165, 1.54) is 11.1 Å². The first-order valence-corrected chi connectivity index (χ1v) is 6.35. The highest BCUT2D eigenvalue weighted by molar-refractivity contribution is 6.13. The van der Waals surface area contributed by atoms with E-state index in [-0.39, 0.29) is 0 Å². The topological polar surface area (TPSA) is 21.3 Å². The van der Waals surface area contributed by atoms with Crippen LogP contribution < -0.4 is 9.57 Å². The van der Waals surface area contributed by atoms with E-state index in [1.807, 2.05) is 30.3 Å². The number of ether oxygens (including phenoxy) is 1. The molecule has 0 aliphatic rings. The smallest absolute Gasteiger partial charge is 0.119 e. The maximum Gasteiger partial charge on any atom is 0.119 e. The molecule has 2 rings (SSSR count). The van der Waals surface area contributed by atoms with Crippen molar-refractivity contribution in [2.24, 2.45) is 0 Å². The highest BCUT2D eigenvalue weighted by Crippen LogP contribution is 2.14. The SMILES string of the molecule is ClNCCc1ccc(OCc2ccccc2)cc1. The van der Waals surface area contributed by atoms with Gasteiger partial charge in [0, 0.05) is 6.54 Å². The average molecular weight is 262 g/mol. The van der Waals surface area contributed by atoms with Crippen LogP contribution >= 0.6 is 11.8 Å². The molecule has 0 atom stereocenters. The molecule has 94 valence electrons. The predicted octanol–water partition coefficient (Wildman–Crippen LogP) is 3.55. The van der Waals surface area contributed by atoms with Gasteiger partial charge in [-0.05, 0) is 41.5 Å². The monoisotopic (exact) mass is 261 g/mol. The second kappa shape index (κ2) is 7.04. The number of benzene rings is 2. The summed E-state index contributed by atoms with van der Waals surface area (Å²) in [5, 5.41) is 0. The van der Waals surface area contributed by atoms with Gasteiger partial charge in [-0.1, -0.05) is 42.5 Å². The van der Waals surface area contributed by atoms with Gasteiger partial charge in [-0.2, -0.15) is 0 Å². The molecule has 0 heterocycles. The summed E-state index contributed by atoms with van der Waals surface area (Å²) >= 11 is 5.43. The fourth-order valence-electron chi connectivity index (χ4n) is 1.68. The van der Waals surface area contributed by atoms with Crippen LogP contribution in [0.15, 0.2) is 54.6 Å². The van der Waals surface area contributed by atoms with Gasteiger partial charge in [0.1, 0.15) is 12.4 Å². The fourth-order valence-corrected chi connectivity index (χ4v) is 1.78. The van der Waals surface area contributed by atoms with Crippen LogP contribution in [0.1, 0.15) is 11.1 Å². The van der Waals surface area contributed by atoms with Crippen LogP contribution in [0.25, 0.3) is 0 Å². The molecular weight excluding hydrogens is 246 g/mol. The summed E-state index contributed by atoms with van der Waals surface area (Å²) in [4.78, 5) is 2.62. The quantitative estimate of drug-likeness (QED) is 0.803. The van der Waals surface area contributed by atoms with Crippen molar-refractivity contribution < 1.29 is 4.74 Å². The Hall–Kier alpha value is -1.51. The molecule has 0 unspecified atom stereocenters. The molecule has 2 aromatic carbocycles. The first kappa shape index (κ1) is 12.9. The summed E-state index contributed by atoms with van der Waals surface area (Å²) in [7, 11) is 0. The molecule has 0 amide bonds. The highest BCUT2D eigenvalue weighted by Gasteiger charge is 1.97. The van der Waals surface area contributed by atoms with E-state index < -0.39 is 0 Å². The van der Waals surface area contributed by atoms with Gasteiger partial charge in [0.05, 0.1) is 0 Å². The minimum Gasteiger partial charge on any atom is -0.489 e. The number of hydrogen-bond acceptors (Lipinski definition) is 2. The first-order chi connectivity index (χ1) is 8.88. The summed E-state index contributed by atoms with van der Waals surface area (Å²) in [6.45, 7) is 1.37. The van der Waals surface area contributed by atoms with Crippen molar-refractivity contribution in [3.8, 4) is 5.75 Å². The minimum atomic E-state index is 0.601. The van der Waals surface area contributed by atoms with Gasteiger partial charge in [0.25, 0.3) is 0 Å². The Labute approximate surface area is 113 Å². The lowest BCUT2D eigenvalue weighted by atomic mass is 10.1. The molecule has 2 aromatic rings. The van der Waals surface area contributed by atoms with Crippen LogP contribution in [0.2, 0.25) is 0 Å². The third kappa shape index (κ3) is 4.06. The molecule has 2 nitrogen and oxygen atoms in total. The molecule has 0 aromatic heterocycles. The molecule has 3 heteroatoms. The van der Waals surface area contributed by atoms with Gasteiger partial charge in [-0.25, -0.2) is 4.84 Å². The Morgan fingerprint density at radius 1 is 0.889 bits per heavy atom. The lowest BCUT2D eigenvalue weighted by Crippen LogP contribution is -2.04. The van der Waals surface area contributed by atoms with E-state index in [1.54, 1.807) is 0 Å². The van der Waals surface area contributed by atoms with E-state index in [2.05, 4.69) is 29.1 Å². The van der Waals surface area contributed by atoms with Crippen molar-refractivity contribution in [2.75, 3.05) is 6.54 Å². The maximum atomic E-state index is 5.71. The molecule has 0 saturated carbocycles. The van der Waals surface area contributed by atoms with Crippen molar-refractivity contribution in [1.82, 2.24) is 4.84 Å². The van der Waals surface area contributed by atoms with E-state index in [9.17, 15) is 0 Å². The third-order valence-electron chi connectivity index (χ3n) is 2.68. The van der Waals surface area contributed by atoms with Crippen LogP contribution in [-0.2, 0) is 13.0 Å². The zero-order valence-corrected chi connectivity index (χ0v) is 10.9. The molecule has 18 heavy (non-hydrogen) atoms. The van der Waals surface area contributed by atoms with Crippen LogP contribution in [0, 0.1) is 0 Å². The normalized spacial score (nSPS) is 10.3. The second-order valence-electron chi connectivity index (χ2n) is 4.05. The zero-order valence-electron chi connectivity index (χ0n) is 10.1. The number of hydrogen-bond donors (Lipinski definition) is 1. The van der Waals surface area contributed by atoms with Gasteiger partial charge in [-0.15, -0.1) is 0 Å². The molecule has 0 fully saturated rings. The van der Waals surface area contributed by atoms with Crippen LogP contribution in [0.4, 0.5) is 0 Å². The molecule has 0 spiro atoms. The second-order valence-corrected chi connectivity index (χ2v) is 4.32. The summed E-state index contributed by atoms with van der Waals surface area (Å²) in [6, 6.07) is 18.3. The van der Waals surface area contributed by atoms with E-state index >= 15 is 0 Å². The first-order valence-electron chi connectivity index (χ1n) is 5.97. The van der Waals surface area contributed by atoms with Crippen LogP contribution in [0.3, 0.4) is 0 Å². The average Bonchev–Trinajstić information content (AvgIpc) is 2.45. The van der Waals surface area contributed by atoms with Gasteiger partial charge in [-0.3, -0.25) is 0 Å². The van der Waals surface area contributed by atoms with Crippen molar-refractivity contribution in [3.63, 3.8) is 0 Å². The Morgan fingerprint density at radius 2 is 1.61 bits per heavy atom. The number of nitrogens with one attached hydrogen (secondary N) is 1. The Bertz CT molecular complexity index is 456. The molecule has 1 N–H and O–H groups in total. The van der Waals surface area contributed by atoms with Gasteiger partial charge in [0.15, 0.2) is 0 Å². The molecule has 0 saturated heterocycles. The third-order valence-corrected chi connectivity index (χ3v) is 2.87. The maximum absolute atomic E-state index is 5.71. The van der Waals surface area contributed by atoms with Crippen molar-refractivity contribution >= 4 is 11.8 Å². The van der Waals surface area contributed by atoms with Crippen molar-refractivity contribution in [2.45, 2.75) is 13.0 Å². The largest absolute Gasteiger partial charge is 0.489 e. The standard InChI is InChI=1S/C15H16ClNO/c16-17-11-10-13-6-8-15(9-7-13)18-12-14-4-2-1-3-5-14/h1-9,17H,10-12H2. The van der Waals surface area contributed by atoms with Gasteiger partial charge in [0.2, 0.25) is 0 Å².